The van der Waals surface area contributed by atoms with Gasteiger partial charge in [0.25, 0.3) is 0 Å². The first-order valence-electron chi connectivity index (χ1n) is 8.54. The molecule has 0 heterocycles. The minimum absolute atomic E-state index is 0.0397. The van der Waals surface area contributed by atoms with Gasteiger partial charge in [-0.25, -0.2) is 0 Å². The maximum absolute atomic E-state index is 2.29. The molecule has 3 aromatic rings. The quantitative estimate of drug-likeness (QED) is 0.445. The molecule has 0 nitrogen and oxygen atoms in total. The fraction of sp³-hybridized carbons (Fsp3) is 0.182. The molecule has 1 heteroatoms. The Morgan fingerprint density at radius 2 is 0.913 bits per heavy atom. The minimum atomic E-state index is -0.0397. The molecule has 0 aliphatic rings. The Bertz CT molecular complexity index is 608. The third kappa shape index (κ3) is 3.28. The van der Waals surface area contributed by atoms with E-state index in [1.165, 1.54) is 34.8 Å². The van der Waals surface area contributed by atoms with E-state index in [1.807, 2.05) is 0 Å². The van der Waals surface area contributed by atoms with E-state index in [0.717, 1.165) is 16.5 Å². The molecule has 116 valence electrons. The molecule has 23 heavy (non-hydrogen) atoms. The molecule has 0 aromatic heterocycles. The number of hydrogen-bond donors (Lipinski definition) is 0. The molecule has 3 rings (SSSR count). The van der Waals surface area contributed by atoms with Gasteiger partial charge in [-0.15, -0.1) is 0 Å². The Balaban J connectivity index is 2.25. The Labute approximate surface area is 147 Å². The zero-order valence-corrected chi connectivity index (χ0v) is 18.0. The van der Waals surface area contributed by atoms with Gasteiger partial charge >= 0.3 is 148 Å². The standard InChI is InChI=1S/C22H24Ge/c23-18-10-17-22(19-11-4-1-5-12-19,20-13-6-2-7-14-20)21-15-8-3-9-16-21/h1-9,11-16H,10,17-18H2,23H3. The van der Waals surface area contributed by atoms with E-state index in [1.54, 1.807) is 0 Å². The van der Waals surface area contributed by atoms with E-state index in [2.05, 4.69) is 91.0 Å². The van der Waals surface area contributed by atoms with Crippen molar-refractivity contribution in [1.29, 1.82) is 0 Å². The molecule has 0 atom stereocenters. The van der Waals surface area contributed by atoms with Crippen molar-refractivity contribution in [1.82, 2.24) is 0 Å². The summed E-state index contributed by atoms with van der Waals surface area (Å²) in [5, 5.41) is 1.39. The summed E-state index contributed by atoms with van der Waals surface area (Å²) >= 11 is 0.919. The number of benzene rings is 3. The molecule has 0 aliphatic heterocycles. The van der Waals surface area contributed by atoms with Crippen LogP contribution in [0.4, 0.5) is 0 Å². The molecule has 0 N–H and O–H groups in total. The van der Waals surface area contributed by atoms with Gasteiger partial charge in [-0.05, 0) is 0 Å². The van der Waals surface area contributed by atoms with Crippen LogP contribution in [0.25, 0.3) is 0 Å². The molecule has 0 bridgehead atoms. The number of hydrogen-bond acceptors (Lipinski definition) is 0. The van der Waals surface area contributed by atoms with E-state index >= 15 is 0 Å². The van der Waals surface area contributed by atoms with E-state index < -0.39 is 0 Å². The normalized spacial score (nSPS) is 11.5. The van der Waals surface area contributed by atoms with Gasteiger partial charge in [0.05, 0.1) is 0 Å². The fourth-order valence-corrected chi connectivity index (χ4v) is 4.28. The Hall–Kier alpha value is -1.80. The molecule has 0 amide bonds. The Kier molecular flexibility index (Phi) is 5.35. The summed E-state index contributed by atoms with van der Waals surface area (Å²) in [6.07, 6.45) is 2.46. The van der Waals surface area contributed by atoms with Crippen LogP contribution in [0.2, 0.25) is 5.25 Å². The first-order valence-corrected chi connectivity index (χ1v) is 11.5. The van der Waals surface area contributed by atoms with Gasteiger partial charge in [-0.1, -0.05) is 0 Å². The SMILES string of the molecule is [GeH3][CH2]CCC(c1ccccc1)(c1ccccc1)c1ccccc1. The van der Waals surface area contributed by atoms with Gasteiger partial charge in [0.15, 0.2) is 0 Å². The second-order valence-electron chi connectivity index (χ2n) is 6.11. The molecule has 0 saturated carbocycles. The van der Waals surface area contributed by atoms with E-state index in [0.29, 0.717) is 0 Å². The summed E-state index contributed by atoms with van der Waals surface area (Å²) in [5.41, 5.74) is 4.16. The van der Waals surface area contributed by atoms with Crippen LogP contribution in [0, 0.1) is 0 Å². The van der Waals surface area contributed by atoms with Crippen LogP contribution < -0.4 is 0 Å². The summed E-state index contributed by atoms with van der Waals surface area (Å²) in [4.78, 5) is 0. The summed E-state index contributed by atoms with van der Waals surface area (Å²) in [6.45, 7) is 0. The van der Waals surface area contributed by atoms with Crippen LogP contribution in [0.15, 0.2) is 91.0 Å². The monoisotopic (exact) mass is 362 g/mol. The maximum atomic E-state index is 2.29. The zero-order chi connectivity index (χ0) is 16.0. The third-order valence-corrected chi connectivity index (χ3v) is 6.19. The number of rotatable bonds is 6. The second kappa shape index (κ2) is 7.65. The molecule has 0 aliphatic carbocycles. The van der Waals surface area contributed by atoms with Crippen molar-refractivity contribution in [2.75, 3.05) is 0 Å². The molecule has 0 radical (unpaired) electrons. The predicted octanol–water partition coefficient (Wildman–Crippen LogP) is 4.58. The first kappa shape index (κ1) is 16.1. The summed E-state index contributed by atoms with van der Waals surface area (Å²) in [6, 6.07) is 33.1. The van der Waals surface area contributed by atoms with E-state index in [4.69, 9.17) is 0 Å². The molecule has 0 saturated heterocycles. The third-order valence-electron chi connectivity index (χ3n) is 4.71. The van der Waals surface area contributed by atoms with Crippen LogP contribution in [-0.4, -0.2) is 16.5 Å². The van der Waals surface area contributed by atoms with Crippen LogP contribution in [0.3, 0.4) is 0 Å². The summed E-state index contributed by atoms with van der Waals surface area (Å²) in [5.74, 6) is 0. The molecule has 0 unspecified atom stereocenters. The topological polar surface area (TPSA) is 0 Å². The van der Waals surface area contributed by atoms with Crippen molar-refractivity contribution in [2.24, 2.45) is 0 Å². The van der Waals surface area contributed by atoms with Crippen LogP contribution in [0.1, 0.15) is 29.5 Å². The van der Waals surface area contributed by atoms with Gasteiger partial charge in [0, 0.05) is 0 Å². The summed E-state index contributed by atoms with van der Waals surface area (Å²) < 4.78 is 0. The van der Waals surface area contributed by atoms with Gasteiger partial charge in [-0.2, -0.15) is 0 Å². The molecule has 0 spiro atoms. The van der Waals surface area contributed by atoms with Crippen molar-refractivity contribution < 1.29 is 0 Å². The Morgan fingerprint density at radius 1 is 0.565 bits per heavy atom. The summed E-state index contributed by atoms with van der Waals surface area (Å²) in [7, 11) is 0. The average molecular weight is 361 g/mol. The van der Waals surface area contributed by atoms with Gasteiger partial charge in [-0.3, -0.25) is 0 Å². The van der Waals surface area contributed by atoms with Crippen LogP contribution >= 0.6 is 0 Å². The molecule has 3 aromatic carbocycles. The van der Waals surface area contributed by atoms with Gasteiger partial charge < -0.3 is 0 Å². The second-order valence-corrected chi connectivity index (χ2v) is 8.21. The molecular weight excluding hydrogens is 337 g/mol. The fourth-order valence-electron chi connectivity index (χ4n) is 3.54. The van der Waals surface area contributed by atoms with Crippen molar-refractivity contribution in [3.05, 3.63) is 108 Å². The van der Waals surface area contributed by atoms with Crippen LogP contribution in [-0.2, 0) is 5.41 Å². The average Bonchev–Trinajstić information content (AvgIpc) is 2.65. The van der Waals surface area contributed by atoms with E-state index in [-0.39, 0.29) is 5.41 Å². The van der Waals surface area contributed by atoms with Crippen molar-refractivity contribution in [2.45, 2.75) is 23.5 Å². The van der Waals surface area contributed by atoms with Crippen molar-refractivity contribution in [3.63, 3.8) is 0 Å². The zero-order valence-electron chi connectivity index (χ0n) is 13.8. The Morgan fingerprint density at radius 3 is 1.22 bits per heavy atom. The first-order chi connectivity index (χ1) is 11.4. The predicted molar refractivity (Wildman–Crippen MR) is 103 cm³/mol. The van der Waals surface area contributed by atoms with Gasteiger partial charge in [0.1, 0.15) is 0 Å². The van der Waals surface area contributed by atoms with Crippen molar-refractivity contribution >= 4 is 16.5 Å². The van der Waals surface area contributed by atoms with Crippen LogP contribution in [0.5, 0.6) is 0 Å². The molecule has 0 fully saturated rings. The van der Waals surface area contributed by atoms with Crippen molar-refractivity contribution in [3.8, 4) is 0 Å². The molecular formula is C22H24Ge. The van der Waals surface area contributed by atoms with Gasteiger partial charge in [0.2, 0.25) is 0 Å². The van der Waals surface area contributed by atoms with E-state index in [9.17, 15) is 0 Å².